The maximum Gasteiger partial charge on any atom is 0.276 e. The molecule has 0 fully saturated rings. The summed E-state index contributed by atoms with van der Waals surface area (Å²) in [7, 11) is 0. The molecule has 3 aromatic heterocycles. The van der Waals surface area contributed by atoms with Crippen LogP contribution >= 0.6 is 34.5 Å². The van der Waals surface area contributed by atoms with Crippen LogP contribution in [-0.2, 0) is 17.8 Å². The predicted octanol–water partition coefficient (Wildman–Crippen LogP) is 6.64. The van der Waals surface area contributed by atoms with Crippen LogP contribution in [-0.4, -0.2) is 26.3 Å². The summed E-state index contributed by atoms with van der Waals surface area (Å²) >= 11 is 13.6. The molecule has 3 aromatic carbocycles. The molecule has 0 unspecified atom stereocenters. The van der Waals surface area contributed by atoms with Crippen molar-refractivity contribution in [2.24, 2.45) is 0 Å². The molecule has 9 nitrogen and oxygen atoms in total. The summed E-state index contributed by atoms with van der Waals surface area (Å²) in [5.74, 6) is -0.894. The first kappa shape index (κ1) is 28.3. The number of thiazole rings is 1. The van der Waals surface area contributed by atoms with Crippen LogP contribution in [0.15, 0.2) is 83.8 Å². The zero-order chi connectivity index (χ0) is 30.5. The van der Waals surface area contributed by atoms with E-state index in [1.165, 1.54) is 28.5 Å². The molecular formula is C32H24Cl2N6O3S. The number of carbonyl (C=O) groups excluding carboxylic acids is 2. The van der Waals surface area contributed by atoms with Crippen molar-refractivity contribution < 1.29 is 9.59 Å². The lowest BCUT2D eigenvalue weighted by molar-refractivity contribution is -0.118. The maximum absolute atomic E-state index is 14.1. The Morgan fingerprint density at radius 2 is 1.82 bits per heavy atom. The van der Waals surface area contributed by atoms with Crippen LogP contribution in [0, 0.1) is 6.92 Å². The number of anilines is 2. The highest BCUT2D eigenvalue weighted by atomic mass is 35.5. The van der Waals surface area contributed by atoms with E-state index >= 15 is 0 Å². The van der Waals surface area contributed by atoms with Crippen LogP contribution < -0.4 is 21.3 Å². The van der Waals surface area contributed by atoms with Crippen molar-refractivity contribution in [3.63, 3.8) is 0 Å². The molecule has 220 valence electrons. The van der Waals surface area contributed by atoms with Crippen LogP contribution in [0.25, 0.3) is 21.1 Å². The summed E-state index contributed by atoms with van der Waals surface area (Å²) < 4.78 is 2.48. The topological polar surface area (TPSA) is 112 Å². The lowest BCUT2D eigenvalue weighted by Crippen LogP contribution is -2.54. The number of benzene rings is 3. The first-order valence-electron chi connectivity index (χ1n) is 13.8. The molecule has 0 saturated heterocycles. The van der Waals surface area contributed by atoms with Gasteiger partial charge in [-0.1, -0.05) is 64.9 Å². The fourth-order valence-corrected chi connectivity index (χ4v) is 6.83. The minimum atomic E-state index is -1.08. The fourth-order valence-electron chi connectivity index (χ4n) is 5.60. The van der Waals surface area contributed by atoms with Crippen molar-refractivity contribution in [2.75, 3.05) is 10.3 Å². The number of halogens is 2. The van der Waals surface area contributed by atoms with E-state index in [2.05, 4.69) is 20.7 Å². The summed E-state index contributed by atoms with van der Waals surface area (Å²) in [5.41, 5.74) is 6.98. The van der Waals surface area contributed by atoms with Crippen molar-refractivity contribution in [2.45, 2.75) is 25.9 Å². The number of hydrogen-bond acceptors (Lipinski definition) is 6. The lowest BCUT2D eigenvalue weighted by atomic mass is 9.96. The van der Waals surface area contributed by atoms with Crippen LogP contribution in [0.1, 0.15) is 33.2 Å². The summed E-state index contributed by atoms with van der Waals surface area (Å²) in [5, 5.41) is 6.23. The van der Waals surface area contributed by atoms with Gasteiger partial charge in [-0.05, 0) is 55.3 Å². The number of fused-ring (bicyclic) bond motifs is 3. The number of amides is 2. The van der Waals surface area contributed by atoms with E-state index in [1.807, 2.05) is 54.7 Å². The Kier molecular flexibility index (Phi) is 7.22. The number of hydrazine groups is 1. The number of hydrogen-bond donors (Lipinski definition) is 3. The van der Waals surface area contributed by atoms with E-state index in [0.717, 1.165) is 26.7 Å². The fraction of sp³-hybridized carbons (Fsp3) is 0.125. The van der Waals surface area contributed by atoms with Crippen LogP contribution in [0.3, 0.4) is 0 Å². The number of para-hydroxylation sites is 2. The second-order valence-electron chi connectivity index (χ2n) is 10.4. The van der Waals surface area contributed by atoms with Gasteiger partial charge in [-0.3, -0.25) is 14.4 Å². The van der Waals surface area contributed by atoms with Crippen molar-refractivity contribution in [3.05, 3.63) is 122 Å². The molecule has 0 radical (unpaired) electrons. The smallest absolute Gasteiger partial charge is 0.276 e. The second-order valence-corrected chi connectivity index (χ2v) is 12.3. The SMILES string of the molecule is Cc1c2c(cc(=O)n1CCc1c[nH]c3ccccc13)[C@@H](C(=O)Nc1ccc(Cl)c(Cl)c1)NN(c1nc3ccccc3s1)C2=O. The zero-order valence-electron chi connectivity index (χ0n) is 23.2. The highest BCUT2D eigenvalue weighted by Gasteiger charge is 2.39. The third kappa shape index (κ3) is 4.95. The van der Waals surface area contributed by atoms with Gasteiger partial charge in [0, 0.05) is 46.7 Å². The Hall–Kier alpha value is -4.48. The number of aromatic amines is 1. The molecule has 3 N–H and O–H groups in total. The summed E-state index contributed by atoms with van der Waals surface area (Å²) in [6, 6.07) is 20.5. The number of nitrogens with one attached hydrogen (secondary N) is 3. The number of aromatic nitrogens is 3. The van der Waals surface area contributed by atoms with Gasteiger partial charge in [-0.15, -0.1) is 0 Å². The predicted molar refractivity (Wildman–Crippen MR) is 175 cm³/mol. The van der Waals surface area contributed by atoms with Crippen molar-refractivity contribution in [1.82, 2.24) is 20.0 Å². The summed E-state index contributed by atoms with van der Waals surface area (Å²) in [4.78, 5) is 49.4. The van der Waals surface area contributed by atoms with Crippen molar-refractivity contribution >= 4 is 78.3 Å². The van der Waals surface area contributed by atoms with E-state index in [9.17, 15) is 14.4 Å². The summed E-state index contributed by atoms with van der Waals surface area (Å²) in [6.07, 6.45) is 2.51. The Bertz CT molecular complexity index is 2140. The van der Waals surface area contributed by atoms with Gasteiger partial charge in [-0.25, -0.2) is 15.4 Å². The van der Waals surface area contributed by atoms with Crippen LogP contribution in [0.4, 0.5) is 10.8 Å². The molecule has 2 amide bonds. The van der Waals surface area contributed by atoms with Crippen LogP contribution in [0.2, 0.25) is 10.0 Å². The molecule has 1 atom stereocenters. The number of nitrogens with zero attached hydrogens (tertiary/aromatic N) is 3. The first-order chi connectivity index (χ1) is 21.3. The van der Waals surface area contributed by atoms with Crippen LogP contribution in [0.5, 0.6) is 0 Å². The quantitative estimate of drug-likeness (QED) is 0.188. The van der Waals surface area contributed by atoms with E-state index in [0.29, 0.717) is 34.5 Å². The standard InChI is InChI=1S/C32H24Cl2N6O3S/c1-17-28-21(15-27(41)39(17)13-12-18-16-35-24-7-3-2-6-20(18)24)29(30(42)36-19-10-11-22(33)23(34)14-19)38-40(31(28)43)32-37-25-8-4-5-9-26(25)44-32/h2-11,14-16,29,35,38H,12-13H2,1H3,(H,36,42)/t29-/m0/s1. The normalized spacial score (nSPS) is 14.8. The molecule has 1 aliphatic rings. The highest BCUT2D eigenvalue weighted by Crippen LogP contribution is 2.35. The molecule has 6 aromatic rings. The Balaban J connectivity index is 1.29. The van der Waals surface area contributed by atoms with Gasteiger partial charge in [0.25, 0.3) is 11.5 Å². The zero-order valence-corrected chi connectivity index (χ0v) is 25.6. The molecule has 4 heterocycles. The maximum atomic E-state index is 14.1. The minimum Gasteiger partial charge on any atom is -0.361 e. The van der Waals surface area contributed by atoms with Gasteiger partial charge in [0.1, 0.15) is 6.04 Å². The summed E-state index contributed by atoms with van der Waals surface area (Å²) in [6.45, 7) is 2.09. The van der Waals surface area contributed by atoms with Gasteiger partial charge < -0.3 is 14.9 Å². The van der Waals surface area contributed by atoms with Gasteiger partial charge in [-0.2, -0.15) is 0 Å². The van der Waals surface area contributed by atoms with E-state index in [4.69, 9.17) is 23.2 Å². The number of aryl methyl sites for hydroxylation is 1. The average molecular weight is 644 g/mol. The molecule has 0 aliphatic carbocycles. The second kappa shape index (κ2) is 11.2. The lowest BCUT2D eigenvalue weighted by Gasteiger charge is -2.34. The van der Waals surface area contributed by atoms with Gasteiger partial charge >= 0.3 is 0 Å². The Labute approximate surface area is 265 Å². The van der Waals surface area contributed by atoms with Gasteiger partial charge in [0.15, 0.2) is 0 Å². The third-order valence-corrected chi connectivity index (χ3v) is 9.55. The molecule has 12 heteroatoms. The highest BCUT2D eigenvalue weighted by molar-refractivity contribution is 7.22. The van der Waals surface area contributed by atoms with E-state index in [-0.39, 0.29) is 21.7 Å². The number of pyridine rings is 1. The molecule has 1 aliphatic heterocycles. The monoisotopic (exact) mass is 642 g/mol. The molecule has 7 rings (SSSR count). The minimum absolute atomic E-state index is 0.274. The molecule has 0 spiro atoms. The van der Waals surface area contributed by atoms with Gasteiger partial charge in [0.2, 0.25) is 11.0 Å². The molecule has 44 heavy (non-hydrogen) atoms. The van der Waals surface area contributed by atoms with Crippen molar-refractivity contribution in [3.8, 4) is 0 Å². The average Bonchev–Trinajstić information content (AvgIpc) is 3.63. The first-order valence-corrected chi connectivity index (χ1v) is 15.4. The molecule has 0 saturated carbocycles. The number of H-pyrrole nitrogens is 1. The Morgan fingerprint density at radius 1 is 1.02 bits per heavy atom. The number of carbonyl (C=O) groups is 2. The molecular weight excluding hydrogens is 619 g/mol. The third-order valence-electron chi connectivity index (χ3n) is 7.79. The van der Waals surface area contributed by atoms with Gasteiger partial charge in [0.05, 0.1) is 25.8 Å². The Morgan fingerprint density at radius 3 is 2.64 bits per heavy atom. The largest absolute Gasteiger partial charge is 0.361 e. The van der Waals surface area contributed by atoms with E-state index < -0.39 is 17.9 Å². The number of rotatable bonds is 6. The van der Waals surface area contributed by atoms with E-state index in [1.54, 1.807) is 23.6 Å². The molecule has 0 bridgehead atoms. The van der Waals surface area contributed by atoms with Crippen molar-refractivity contribution in [1.29, 1.82) is 0 Å².